The SMILES string of the molecule is CC[C@H](C)NC(=O)[C@@H](Cc1ccccc1)N(Cc1ccccc1F)C(=O)CN(c1cc(Cl)ccc1C)S(=O)(=O)c1ccc(C)cc1. The van der Waals surface area contributed by atoms with Crippen LogP contribution >= 0.6 is 11.6 Å². The van der Waals surface area contributed by atoms with Gasteiger partial charge >= 0.3 is 0 Å². The molecule has 1 N–H and O–H groups in total. The van der Waals surface area contributed by atoms with Gasteiger partial charge in [-0.3, -0.25) is 13.9 Å². The highest BCUT2D eigenvalue weighted by atomic mass is 35.5. The van der Waals surface area contributed by atoms with Gasteiger partial charge in [-0.05, 0) is 68.7 Å². The number of sulfonamides is 1. The fourth-order valence-electron chi connectivity index (χ4n) is 5.01. The summed E-state index contributed by atoms with van der Waals surface area (Å²) in [5.41, 5.74) is 2.64. The second-order valence-electron chi connectivity index (χ2n) is 11.4. The Hall–Kier alpha value is -4.21. The molecule has 2 atom stereocenters. The number of amides is 2. The number of rotatable bonds is 13. The third kappa shape index (κ3) is 8.53. The molecule has 0 aromatic heterocycles. The first kappa shape index (κ1) is 34.7. The molecule has 4 aromatic rings. The van der Waals surface area contributed by atoms with E-state index in [-0.39, 0.29) is 40.2 Å². The van der Waals surface area contributed by atoms with Crippen LogP contribution in [0.3, 0.4) is 0 Å². The van der Waals surface area contributed by atoms with Gasteiger partial charge in [-0.1, -0.05) is 90.8 Å². The quantitative estimate of drug-likeness (QED) is 0.170. The molecule has 46 heavy (non-hydrogen) atoms. The third-order valence-corrected chi connectivity index (χ3v) is 9.91. The average Bonchev–Trinajstić information content (AvgIpc) is 3.04. The molecule has 0 aliphatic rings. The molecule has 0 unspecified atom stereocenters. The third-order valence-electron chi connectivity index (χ3n) is 7.90. The maximum Gasteiger partial charge on any atom is 0.264 e. The van der Waals surface area contributed by atoms with Gasteiger partial charge in [0.1, 0.15) is 18.4 Å². The molecule has 0 aliphatic heterocycles. The van der Waals surface area contributed by atoms with Gasteiger partial charge in [-0.15, -0.1) is 0 Å². The zero-order valence-corrected chi connectivity index (χ0v) is 28.0. The summed E-state index contributed by atoms with van der Waals surface area (Å²) in [7, 11) is -4.29. The summed E-state index contributed by atoms with van der Waals surface area (Å²) >= 11 is 6.33. The van der Waals surface area contributed by atoms with Crippen molar-refractivity contribution in [2.45, 2.75) is 64.1 Å². The molecule has 242 valence electrons. The zero-order valence-electron chi connectivity index (χ0n) is 26.4. The lowest BCUT2D eigenvalue weighted by Gasteiger charge is -2.34. The molecule has 7 nitrogen and oxygen atoms in total. The Kier molecular flexibility index (Phi) is 11.6. The molecular weight excluding hydrogens is 625 g/mol. The Morgan fingerprint density at radius 2 is 1.57 bits per heavy atom. The molecule has 0 aliphatic carbocycles. The van der Waals surface area contributed by atoms with Crippen molar-refractivity contribution >= 4 is 39.1 Å². The normalized spacial score (nSPS) is 12.7. The second-order valence-corrected chi connectivity index (χ2v) is 13.7. The first-order chi connectivity index (χ1) is 21.9. The largest absolute Gasteiger partial charge is 0.352 e. The number of nitrogens with one attached hydrogen (secondary N) is 1. The molecule has 10 heteroatoms. The molecule has 0 radical (unpaired) electrons. The standard InChI is InChI=1S/C36H39ClFN3O4S/c1-5-27(4)39-36(43)34(21-28-11-7-6-8-12-28)40(23-29-13-9-10-14-32(29)38)35(42)24-41(33-22-30(37)18-17-26(33)3)46(44,45)31-19-15-25(2)16-20-31/h6-20,22,27,34H,5,21,23-24H2,1-4H3,(H,39,43)/t27-,34+/m0/s1. The van der Waals surface area contributed by atoms with Gasteiger partial charge in [0, 0.05) is 29.6 Å². The predicted octanol–water partition coefficient (Wildman–Crippen LogP) is 6.85. The van der Waals surface area contributed by atoms with E-state index in [0.717, 1.165) is 15.4 Å². The maximum absolute atomic E-state index is 15.1. The summed E-state index contributed by atoms with van der Waals surface area (Å²) in [6.45, 7) is 6.44. The Morgan fingerprint density at radius 3 is 2.22 bits per heavy atom. The van der Waals surface area contributed by atoms with E-state index >= 15 is 4.39 Å². The molecule has 0 saturated carbocycles. The lowest BCUT2D eigenvalue weighted by Crippen LogP contribution is -2.54. The first-order valence-electron chi connectivity index (χ1n) is 15.1. The Balaban J connectivity index is 1.85. The van der Waals surface area contributed by atoms with Crippen LogP contribution in [0.2, 0.25) is 5.02 Å². The van der Waals surface area contributed by atoms with Gasteiger partial charge in [0.25, 0.3) is 10.0 Å². The minimum absolute atomic E-state index is 0.0127. The van der Waals surface area contributed by atoms with E-state index in [2.05, 4.69) is 5.32 Å². The number of hydrogen-bond donors (Lipinski definition) is 1. The van der Waals surface area contributed by atoms with Crippen molar-refractivity contribution in [3.05, 3.63) is 130 Å². The van der Waals surface area contributed by atoms with Crippen LogP contribution in [0.5, 0.6) is 0 Å². The molecule has 4 rings (SSSR count). The number of aryl methyl sites for hydroxylation is 2. The topological polar surface area (TPSA) is 86.8 Å². The van der Waals surface area contributed by atoms with E-state index in [1.165, 1.54) is 29.2 Å². The van der Waals surface area contributed by atoms with Crippen LogP contribution < -0.4 is 9.62 Å². The van der Waals surface area contributed by atoms with Crippen molar-refractivity contribution in [1.29, 1.82) is 0 Å². The first-order valence-corrected chi connectivity index (χ1v) is 16.9. The van der Waals surface area contributed by atoms with Crippen LogP contribution in [0, 0.1) is 19.7 Å². The van der Waals surface area contributed by atoms with E-state index in [0.29, 0.717) is 12.0 Å². The van der Waals surface area contributed by atoms with Crippen molar-refractivity contribution < 1.29 is 22.4 Å². The minimum atomic E-state index is -4.29. The fourth-order valence-corrected chi connectivity index (χ4v) is 6.64. The van der Waals surface area contributed by atoms with E-state index < -0.39 is 40.2 Å². The number of hydrogen-bond acceptors (Lipinski definition) is 4. The van der Waals surface area contributed by atoms with Gasteiger partial charge in [0.15, 0.2) is 0 Å². The van der Waals surface area contributed by atoms with Crippen molar-refractivity contribution in [2.75, 3.05) is 10.8 Å². The Morgan fingerprint density at radius 1 is 0.913 bits per heavy atom. The highest BCUT2D eigenvalue weighted by Gasteiger charge is 2.35. The summed E-state index contributed by atoms with van der Waals surface area (Å²) in [6.07, 6.45) is 0.784. The molecule has 0 bridgehead atoms. The smallest absolute Gasteiger partial charge is 0.264 e. The molecule has 4 aromatic carbocycles. The summed E-state index contributed by atoms with van der Waals surface area (Å²) in [5, 5.41) is 3.26. The molecule has 0 heterocycles. The number of carbonyl (C=O) groups excluding carboxylic acids is 2. The van der Waals surface area contributed by atoms with E-state index in [1.807, 2.05) is 51.1 Å². The van der Waals surface area contributed by atoms with Gasteiger partial charge in [0.05, 0.1) is 10.6 Å². The molecule has 0 fully saturated rings. The van der Waals surface area contributed by atoms with Crippen molar-refractivity contribution in [1.82, 2.24) is 10.2 Å². The number of halogens is 2. The lowest BCUT2D eigenvalue weighted by atomic mass is 10.0. The highest BCUT2D eigenvalue weighted by molar-refractivity contribution is 7.92. The van der Waals surface area contributed by atoms with E-state index in [1.54, 1.807) is 49.4 Å². The molecular formula is C36H39ClFN3O4S. The van der Waals surface area contributed by atoms with Crippen LogP contribution in [-0.2, 0) is 32.6 Å². The predicted molar refractivity (Wildman–Crippen MR) is 181 cm³/mol. The summed E-state index contributed by atoms with van der Waals surface area (Å²) in [5.74, 6) is -1.65. The number of nitrogens with zero attached hydrogens (tertiary/aromatic N) is 2. The fraction of sp³-hybridized carbons (Fsp3) is 0.278. The number of benzene rings is 4. The number of anilines is 1. The summed E-state index contributed by atoms with van der Waals surface area (Å²) < 4.78 is 44.6. The summed E-state index contributed by atoms with van der Waals surface area (Å²) in [4.78, 5) is 29.7. The lowest BCUT2D eigenvalue weighted by molar-refractivity contribution is -0.140. The molecule has 0 saturated heterocycles. The Labute approximate surface area is 276 Å². The maximum atomic E-state index is 15.1. The van der Waals surface area contributed by atoms with Crippen LogP contribution in [0.1, 0.15) is 42.5 Å². The average molecular weight is 664 g/mol. The minimum Gasteiger partial charge on any atom is -0.352 e. The monoisotopic (exact) mass is 663 g/mol. The van der Waals surface area contributed by atoms with E-state index in [4.69, 9.17) is 11.6 Å². The van der Waals surface area contributed by atoms with Crippen molar-refractivity contribution in [3.8, 4) is 0 Å². The summed E-state index contributed by atoms with van der Waals surface area (Å²) in [6, 6.07) is 25.1. The van der Waals surface area contributed by atoms with Crippen LogP contribution in [0.4, 0.5) is 10.1 Å². The zero-order chi connectivity index (χ0) is 33.4. The van der Waals surface area contributed by atoms with Crippen molar-refractivity contribution in [2.24, 2.45) is 0 Å². The molecule has 2 amide bonds. The van der Waals surface area contributed by atoms with Gasteiger partial charge in [0.2, 0.25) is 11.8 Å². The van der Waals surface area contributed by atoms with Crippen LogP contribution in [-0.4, -0.2) is 43.8 Å². The number of carbonyl (C=O) groups is 2. The van der Waals surface area contributed by atoms with Gasteiger partial charge < -0.3 is 10.2 Å². The van der Waals surface area contributed by atoms with Crippen molar-refractivity contribution in [3.63, 3.8) is 0 Å². The van der Waals surface area contributed by atoms with Gasteiger partial charge in [-0.2, -0.15) is 0 Å². The van der Waals surface area contributed by atoms with E-state index in [9.17, 15) is 18.0 Å². The highest BCUT2D eigenvalue weighted by Crippen LogP contribution is 2.30. The van der Waals surface area contributed by atoms with Crippen LogP contribution in [0.15, 0.2) is 102 Å². The van der Waals surface area contributed by atoms with Gasteiger partial charge in [-0.25, -0.2) is 12.8 Å². The van der Waals surface area contributed by atoms with Crippen LogP contribution in [0.25, 0.3) is 0 Å². The molecule has 0 spiro atoms. The Bertz CT molecular complexity index is 1770. The second kappa shape index (κ2) is 15.4.